The number of carbonyl (C=O) groups is 1. The number of carbonyl (C=O) groups excluding carboxylic acids is 1. The van der Waals surface area contributed by atoms with Crippen molar-refractivity contribution in [2.24, 2.45) is 0 Å². The first kappa shape index (κ1) is 12.3. The van der Waals surface area contributed by atoms with Gasteiger partial charge in [-0.3, -0.25) is 0 Å². The predicted molar refractivity (Wildman–Crippen MR) is 44.4 cm³/mol. The molecule has 0 fully saturated rings. The predicted octanol–water partition coefficient (Wildman–Crippen LogP) is 2.51. The molecule has 0 amide bonds. The molecule has 7 heteroatoms. The van der Waals surface area contributed by atoms with E-state index in [-0.39, 0.29) is 5.56 Å². The van der Waals surface area contributed by atoms with Gasteiger partial charge >= 0.3 is 12.3 Å². The van der Waals surface area contributed by atoms with Crippen molar-refractivity contribution >= 4 is 5.97 Å². The minimum absolute atomic E-state index is 0.200. The maximum Gasteiger partial charge on any atom is 0.573 e. The van der Waals surface area contributed by atoms with Crippen molar-refractivity contribution in [2.75, 3.05) is 7.11 Å². The third-order valence-corrected chi connectivity index (χ3v) is 1.58. The van der Waals surface area contributed by atoms with Gasteiger partial charge in [0.2, 0.25) is 0 Å². The number of rotatable bonds is 2. The van der Waals surface area contributed by atoms with Gasteiger partial charge in [-0.1, -0.05) is 0 Å². The van der Waals surface area contributed by atoms with Gasteiger partial charge in [0.25, 0.3) is 0 Å². The summed E-state index contributed by atoms with van der Waals surface area (Å²) in [4.78, 5) is 10.9. The number of esters is 1. The van der Waals surface area contributed by atoms with Crippen LogP contribution < -0.4 is 4.74 Å². The lowest BCUT2D eigenvalue weighted by molar-refractivity contribution is -0.275. The Bertz CT molecular complexity index is 400. The van der Waals surface area contributed by atoms with Crippen LogP contribution in [0.25, 0.3) is 0 Å². The average Bonchev–Trinajstić information content (AvgIpc) is 2.18. The van der Waals surface area contributed by atoms with Crippen LogP contribution in [-0.2, 0) is 4.74 Å². The normalized spacial score (nSPS) is 11.1. The number of halogens is 4. The molecule has 0 spiro atoms. The van der Waals surface area contributed by atoms with Crippen LogP contribution >= 0.6 is 0 Å². The highest BCUT2D eigenvalue weighted by molar-refractivity contribution is 5.89. The molecule has 0 atom stereocenters. The van der Waals surface area contributed by atoms with Gasteiger partial charge in [0.1, 0.15) is 0 Å². The van der Waals surface area contributed by atoms with Crippen molar-refractivity contribution in [2.45, 2.75) is 6.36 Å². The van der Waals surface area contributed by atoms with E-state index in [9.17, 15) is 22.4 Å². The SMILES string of the molecule is COC(=O)c1ccc(OC(F)(F)F)c(F)c1. The standard InChI is InChI=1S/C9H6F4O3/c1-15-8(14)5-2-3-7(6(10)4-5)16-9(11,12)13/h2-4H,1H3. The summed E-state index contributed by atoms with van der Waals surface area (Å²) in [5.74, 6) is -3.14. The topological polar surface area (TPSA) is 35.5 Å². The molecule has 0 N–H and O–H groups in total. The molecule has 16 heavy (non-hydrogen) atoms. The minimum atomic E-state index is -4.98. The number of alkyl halides is 3. The summed E-state index contributed by atoms with van der Waals surface area (Å²) in [7, 11) is 1.07. The summed E-state index contributed by atoms with van der Waals surface area (Å²) >= 11 is 0. The van der Waals surface area contributed by atoms with Gasteiger partial charge in [-0.25, -0.2) is 9.18 Å². The molecule has 0 heterocycles. The number of benzene rings is 1. The Balaban J connectivity index is 2.96. The first-order valence-electron chi connectivity index (χ1n) is 3.97. The second kappa shape index (κ2) is 4.38. The average molecular weight is 238 g/mol. The van der Waals surface area contributed by atoms with Crippen molar-refractivity contribution in [1.29, 1.82) is 0 Å². The molecule has 88 valence electrons. The fourth-order valence-electron chi connectivity index (χ4n) is 0.953. The number of methoxy groups -OCH3 is 1. The summed E-state index contributed by atoms with van der Waals surface area (Å²) in [6.45, 7) is 0. The second-order valence-electron chi connectivity index (χ2n) is 2.68. The van der Waals surface area contributed by atoms with E-state index < -0.39 is 23.9 Å². The van der Waals surface area contributed by atoms with Crippen LogP contribution in [-0.4, -0.2) is 19.4 Å². The zero-order valence-electron chi connectivity index (χ0n) is 7.97. The molecule has 0 saturated carbocycles. The zero-order chi connectivity index (χ0) is 12.3. The molecule has 1 aromatic rings. The third kappa shape index (κ3) is 3.11. The fraction of sp³-hybridized carbons (Fsp3) is 0.222. The highest BCUT2D eigenvalue weighted by Gasteiger charge is 2.32. The smallest absolute Gasteiger partial charge is 0.465 e. The molecular formula is C9H6F4O3. The maximum atomic E-state index is 13.0. The number of hydrogen-bond donors (Lipinski definition) is 0. The number of ether oxygens (including phenoxy) is 2. The first-order valence-corrected chi connectivity index (χ1v) is 3.97. The summed E-state index contributed by atoms with van der Waals surface area (Å²) in [5.41, 5.74) is -0.200. The minimum Gasteiger partial charge on any atom is -0.465 e. The van der Waals surface area contributed by atoms with Crippen LogP contribution in [0.3, 0.4) is 0 Å². The monoisotopic (exact) mass is 238 g/mol. The van der Waals surface area contributed by atoms with Crippen molar-refractivity contribution in [1.82, 2.24) is 0 Å². The van der Waals surface area contributed by atoms with Crippen LogP contribution in [0.5, 0.6) is 5.75 Å². The van der Waals surface area contributed by atoms with Gasteiger partial charge in [-0.05, 0) is 18.2 Å². The molecule has 0 bridgehead atoms. The molecular weight excluding hydrogens is 232 g/mol. The molecule has 1 rings (SSSR count). The summed E-state index contributed by atoms with van der Waals surface area (Å²) in [5, 5.41) is 0. The Hall–Kier alpha value is -1.79. The third-order valence-electron chi connectivity index (χ3n) is 1.58. The quantitative estimate of drug-likeness (QED) is 0.586. The van der Waals surface area contributed by atoms with Crippen molar-refractivity contribution in [3.05, 3.63) is 29.6 Å². The Morgan fingerprint density at radius 3 is 2.38 bits per heavy atom. The van der Waals surface area contributed by atoms with Crippen LogP contribution in [0.4, 0.5) is 17.6 Å². The van der Waals surface area contributed by atoms with Crippen LogP contribution in [0.2, 0.25) is 0 Å². The van der Waals surface area contributed by atoms with E-state index in [0.717, 1.165) is 13.2 Å². The van der Waals surface area contributed by atoms with Crippen LogP contribution in [0.15, 0.2) is 18.2 Å². The molecule has 0 aliphatic carbocycles. The molecule has 0 aliphatic rings. The molecule has 0 saturated heterocycles. The highest BCUT2D eigenvalue weighted by Crippen LogP contribution is 2.26. The lowest BCUT2D eigenvalue weighted by Crippen LogP contribution is -2.18. The van der Waals surface area contributed by atoms with Crippen LogP contribution in [0.1, 0.15) is 10.4 Å². The fourth-order valence-corrected chi connectivity index (χ4v) is 0.953. The van der Waals surface area contributed by atoms with Crippen molar-refractivity contribution in [3.63, 3.8) is 0 Å². The van der Waals surface area contributed by atoms with Crippen molar-refractivity contribution < 1.29 is 31.8 Å². The van der Waals surface area contributed by atoms with Gasteiger partial charge in [-0.15, -0.1) is 13.2 Å². The summed E-state index contributed by atoms with van der Waals surface area (Å²) < 4.78 is 56.0. The van der Waals surface area contributed by atoms with E-state index in [2.05, 4.69) is 9.47 Å². The van der Waals surface area contributed by atoms with E-state index in [1.54, 1.807) is 0 Å². The Morgan fingerprint density at radius 2 is 1.94 bits per heavy atom. The Labute approximate surface area is 87.6 Å². The van der Waals surface area contributed by atoms with E-state index in [0.29, 0.717) is 12.1 Å². The molecule has 1 aromatic carbocycles. The Kier molecular flexibility index (Phi) is 3.36. The summed E-state index contributed by atoms with van der Waals surface area (Å²) in [6, 6.07) is 2.28. The largest absolute Gasteiger partial charge is 0.573 e. The summed E-state index contributed by atoms with van der Waals surface area (Å²) in [6.07, 6.45) is -4.98. The van der Waals surface area contributed by atoms with Crippen molar-refractivity contribution in [3.8, 4) is 5.75 Å². The second-order valence-corrected chi connectivity index (χ2v) is 2.68. The van der Waals surface area contributed by atoms with Gasteiger partial charge in [-0.2, -0.15) is 0 Å². The Morgan fingerprint density at radius 1 is 1.31 bits per heavy atom. The highest BCUT2D eigenvalue weighted by atomic mass is 19.4. The maximum absolute atomic E-state index is 13.0. The van der Waals surface area contributed by atoms with E-state index in [1.807, 2.05) is 0 Å². The lowest BCUT2D eigenvalue weighted by atomic mass is 10.2. The zero-order valence-corrected chi connectivity index (χ0v) is 7.97. The van der Waals surface area contributed by atoms with Gasteiger partial charge in [0.05, 0.1) is 12.7 Å². The molecule has 0 radical (unpaired) electrons. The van der Waals surface area contributed by atoms with E-state index >= 15 is 0 Å². The van der Waals surface area contributed by atoms with Gasteiger partial charge in [0, 0.05) is 0 Å². The molecule has 0 unspecified atom stereocenters. The molecule has 0 aliphatic heterocycles. The van der Waals surface area contributed by atoms with E-state index in [4.69, 9.17) is 0 Å². The number of hydrogen-bond acceptors (Lipinski definition) is 3. The van der Waals surface area contributed by atoms with E-state index in [1.165, 1.54) is 0 Å². The van der Waals surface area contributed by atoms with Crippen LogP contribution in [0, 0.1) is 5.82 Å². The lowest BCUT2D eigenvalue weighted by Gasteiger charge is -2.09. The molecule has 0 aromatic heterocycles. The first-order chi connectivity index (χ1) is 7.33. The molecule has 3 nitrogen and oxygen atoms in total. The van der Waals surface area contributed by atoms with Gasteiger partial charge < -0.3 is 9.47 Å². The van der Waals surface area contributed by atoms with Gasteiger partial charge in [0.15, 0.2) is 11.6 Å².